The van der Waals surface area contributed by atoms with Crippen LogP contribution in [0.4, 0.5) is 4.79 Å². The van der Waals surface area contributed by atoms with Crippen molar-refractivity contribution in [3.05, 3.63) is 35.9 Å². The minimum absolute atomic E-state index is 0.0684. The Morgan fingerprint density at radius 3 is 2.25 bits per heavy atom. The van der Waals surface area contributed by atoms with Gasteiger partial charge in [0.1, 0.15) is 18.7 Å². The highest BCUT2D eigenvalue weighted by molar-refractivity contribution is 5.90. The number of carbonyl (C=O) groups excluding carboxylic acids is 3. The summed E-state index contributed by atoms with van der Waals surface area (Å²) in [5.41, 5.74) is 0.819. The van der Waals surface area contributed by atoms with E-state index in [9.17, 15) is 14.4 Å². The Balaban J connectivity index is 2.74. The third-order valence-corrected chi connectivity index (χ3v) is 4.17. The number of rotatable bonds is 9. The summed E-state index contributed by atoms with van der Waals surface area (Å²) in [6.45, 7) is 5.25. The van der Waals surface area contributed by atoms with Crippen molar-refractivity contribution in [2.24, 2.45) is 11.8 Å². The summed E-state index contributed by atoms with van der Waals surface area (Å²) >= 11 is 0. The van der Waals surface area contributed by atoms with Gasteiger partial charge in [0, 0.05) is 12.3 Å². The molecule has 1 aromatic carbocycles. The molecule has 0 bridgehead atoms. The fourth-order valence-electron chi connectivity index (χ4n) is 2.49. The molecule has 0 saturated carbocycles. The molecular formula is C20H27N3O5. The highest BCUT2D eigenvalue weighted by Gasteiger charge is 2.32. The molecule has 1 aromatic rings. The molecule has 152 valence electrons. The fourth-order valence-corrected chi connectivity index (χ4v) is 2.49. The van der Waals surface area contributed by atoms with Crippen LogP contribution in [0.15, 0.2) is 30.3 Å². The van der Waals surface area contributed by atoms with Crippen LogP contribution < -0.4 is 10.6 Å². The van der Waals surface area contributed by atoms with Crippen LogP contribution in [0.3, 0.4) is 0 Å². The molecule has 0 aliphatic rings. The zero-order valence-electron chi connectivity index (χ0n) is 16.6. The summed E-state index contributed by atoms with van der Waals surface area (Å²) in [5.74, 6) is -1.90. The van der Waals surface area contributed by atoms with Crippen LogP contribution in [-0.4, -0.2) is 37.2 Å². The van der Waals surface area contributed by atoms with Gasteiger partial charge in [0.15, 0.2) is 0 Å². The minimum atomic E-state index is -0.986. The van der Waals surface area contributed by atoms with Gasteiger partial charge in [-0.05, 0) is 11.5 Å². The molecule has 28 heavy (non-hydrogen) atoms. The van der Waals surface area contributed by atoms with E-state index < -0.39 is 36.0 Å². The van der Waals surface area contributed by atoms with Crippen molar-refractivity contribution in [3.63, 3.8) is 0 Å². The summed E-state index contributed by atoms with van der Waals surface area (Å²) in [7, 11) is 1.21. The van der Waals surface area contributed by atoms with Crippen molar-refractivity contribution in [2.75, 3.05) is 7.11 Å². The summed E-state index contributed by atoms with van der Waals surface area (Å²) in [6.07, 6.45) is -0.670. The number of esters is 1. The number of benzene rings is 1. The van der Waals surface area contributed by atoms with Gasteiger partial charge in [-0.3, -0.25) is 4.79 Å². The van der Waals surface area contributed by atoms with E-state index in [4.69, 9.17) is 14.7 Å². The van der Waals surface area contributed by atoms with E-state index in [2.05, 4.69) is 10.6 Å². The molecule has 0 spiro atoms. The molecule has 8 nitrogen and oxygen atoms in total. The summed E-state index contributed by atoms with van der Waals surface area (Å²) in [5, 5.41) is 14.0. The molecule has 0 aromatic heterocycles. The predicted molar refractivity (Wildman–Crippen MR) is 102 cm³/mol. The number of ether oxygens (including phenoxy) is 2. The zero-order valence-corrected chi connectivity index (χ0v) is 16.6. The third-order valence-electron chi connectivity index (χ3n) is 4.17. The lowest BCUT2D eigenvalue weighted by Gasteiger charge is -2.26. The SMILES string of the molecule is COC(=O)[C@H](NC(=O)[C@@H](NC(=O)OCc1ccccc1)C(C)C)[C@@H](C)CC#N. The molecular weight excluding hydrogens is 362 g/mol. The summed E-state index contributed by atoms with van der Waals surface area (Å²) in [4.78, 5) is 36.7. The van der Waals surface area contributed by atoms with Gasteiger partial charge in [0.2, 0.25) is 5.91 Å². The van der Waals surface area contributed by atoms with E-state index >= 15 is 0 Å². The predicted octanol–water partition coefficient (Wildman–Crippen LogP) is 2.14. The number of nitrogens with one attached hydrogen (secondary N) is 2. The lowest BCUT2D eigenvalue weighted by atomic mass is 9.97. The van der Waals surface area contributed by atoms with Gasteiger partial charge >= 0.3 is 12.1 Å². The Labute approximate surface area is 165 Å². The molecule has 0 radical (unpaired) electrons. The van der Waals surface area contributed by atoms with Crippen LogP contribution >= 0.6 is 0 Å². The van der Waals surface area contributed by atoms with Crippen molar-refractivity contribution in [1.29, 1.82) is 5.26 Å². The molecule has 2 amide bonds. The molecule has 0 heterocycles. The maximum Gasteiger partial charge on any atom is 0.408 e. The molecule has 0 aliphatic carbocycles. The topological polar surface area (TPSA) is 118 Å². The number of carbonyl (C=O) groups is 3. The first kappa shape index (κ1) is 23.0. The smallest absolute Gasteiger partial charge is 0.408 e. The largest absolute Gasteiger partial charge is 0.467 e. The molecule has 1 rings (SSSR count). The molecule has 3 atom stereocenters. The van der Waals surface area contributed by atoms with Gasteiger partial charge in [-0.1, -0.05) is 51.1 Å². The second-order valence-electron chi connectivity index (χ2n) is 6.78. The van der Waals surface area contributed by atoms with Gasteiger partial charge < -0.3 is 20.1 Å². The summed E-state index contributed by atoms with van der Waals surface area (Å²) in [6, 6.07) is 9.22. The Morgan fingerprint density at radius 2 is 1.71 bits per heavy atom. The third kappa shape index (κ3) is 7.27. The highest BCUT2D eigenvalue weighted by Crippen LogP contribution is 2.11. The van der Waals surface area contributed by atoms with Crippen LogP contribution in [0.1, 0.15) is 32.8 Å². The molecule has 8 heteroatoms. The Kier molecular flexibility index (Phi) is 9.51. The minimum Gasteiger partial charge on any atom is -0.467 e. The maximum absolute atomic E-state index is 12.7. The van der Waals surface area contributed by atoms with Gasteiger partial charge in [0.25, 0.3) is 0 Å². The van der Waals surface area contributed by atoms with Crippen molar-refractivity contribution in [2.45, 2.75) is 45.9 Å². The van der Waals surface area contributed by atoms with Crippen LogP contribution in [0.5, 0.6) is 0 Å². The monoisotopic (exact) mass is 389 g/mol. The molecule has 0 unspecified atom stereocenters. The van der Waals surface area contributed by atoms with Crippen molar-refractivity contribution in [3.8, 4) is 6.07 Å². The Bertz CT molecular complexity index is 700. The standard InChI is InChI=1S/C20H27N3O5/c1-13(2)16(23-20(26)28-12-15-8-6-5-7-9-15)18(24)22-17(19(25)27-4)14(3)10-11-21/h5-9,13-14,16-17H,10,12H2,1-4H3,(H,22,24)(H,23,26)/t14-,16-,17+/m0/s1. The average Bonchev–Trinajstić information content (AvgIpc) is 2.68. The quantitative estimate of drug-likeness (QED) is 0.625. The van der Waals surface area contributed by atoms with Crippen molar-refractivity contribution < 1.29 is 23.9 Å². The van der Waals surface area contributed by atoms with Crippen molar-refractivity contribution >= 4 is 18.0 Å². The average molecular weight is 389 g/mol. The second-order valence-corrected chi connectivity index (χ2v) is 6.78. The summed E-state index contributed by atoms with van der Waals surface area (Å²) < 4.78 is 9.87. The van der Waals surface area contributed by atoms with E-state index in [1.165, 1.54) is 7.11 Å². The number of hydrogen-bond acceptors (Lipinski definition) is 6. The van der Waals surface area contributed by atoms with Crippen LogP contribution in [-0.2, 0) is 25.7 Å². The Hall–Kier alpha value is -3.08. The first-order valence-corrected chi connectivity index (χ1v) is 9.02. The molecule has 2 N–H and O–H groups in total. The number of nitrogens with zero attached hydrogens (tertiary/aromatic N) is 1. The van der Waals surface area contributed by atoms with Gasteiger partial charge in [-0.2, -0.15) is 5.26 Å². The van der Waals surface area contributed by atoms with Gasteiger partial charge in [-0.25, -0.2) is 9.59 Å². The van der Waals surface area contributed by atoms with E-state index in [0.29, 0.717) is 0 Å². The first-order chi connectivity index (χ1) is 13.3. The van der Waals surface area contributed by atoms with E-state index in [1.54, 1.807) is 20.8 Å². The number of alkyl carbamates (subject to hydrolysis) is 1. The van der Waals surface area contributed by atoms with E-state index in [1.807, 2.05) is 36.4 Å². The van der Waals surface area contributed by atoms with Crippen LogP contribution in [0, 0.1) is 23.2 Å². The lowest BCUT2D eigenvalue weighted by molar-refractivity contribution is -0.146. The number of hydrogen-bond donors (Lipinski definition) is 2. The molecule has 0 fully saturated rings. The normalized spacial score (nSPS) is 13.6. The fraction of sp³-hybridized carbons (Fsp3) is 0.500. The van der Waals surface area contributed by atoms with E-state index in [0.717, 1.165) is 5.56 Å². The second kappa shape index (κ2) is 11.6. The molecule has 0 aliphatic heterocycles. The zero-order chi connectivity index (χ0) is 21.1. The van der Waals surface area contributed by atoms with E-state index in [-0.39, 0.29) is 18.9 Å². The van der Waals surface area contributed by atoms with Crippen molar-refractivity contribution in [1.82, 2.24) is 10.6 Å². The maximum atomic E-state index is 12.7. The molecule has 0 saturated heterocycles. The lowest BCUT2D eigenvalue weighted by Crippen LogP contribution is -2.55. The number of methoxy groups -OCH3 is 1. The highest BCUT2D eigenvalue weighted by atomic mass is 16.5. The number of amides is 2. The van der Waals surface area contributed by atoms with Crippen LogP contribution in [0.25, 0.3) is 0 Å². The first-order valence-electron chi connectivity index (χ1n) is 9.02. The number of nitriles is 1. The van der Waals surface area contributed by atoms with Gasteiger partial charge in [0.05, 0.1) is 13.2 Å². The van der Waals surface area contributed by atoms with Gasteiger partial charge in [-0.15, -0.1) is 0 Å². The Morgan fingerprint density at radius 1 is 1.07 bits per heavy atom. The van der Waals surface area contributed by atoms with Crippen LogP contribution in [0.2, 0.25) is 0 Å².